The van der Waals surface area contributed by atoms with E-state index < -0.39 is 11.0 Å². The minimum absolute atomic E-state index is 0.258. The third-order valence-electron chi connectivity index (χ3n) is 3.85. The number of nitrogens with one attached hydrogen (secondary N) is 1. The van der Waals surface area contributed by atoms with Crippen LogP contribution in [-0.2, 0) is 9.53 Å². The van der Waals surface area contributed by atoms with Gasteiger partial charge in [0.05, 0.1) is 12.2 Å². The quantitative estimate of drug-likeness (QED) is 0.620. The number of likely N-dealkylation sites (N-methyl/N-ethyl adjacent to an activating group) is 1. The molecule has 0 aliphatic carbocycles. The molecule has 0 radical (unpaired) electrons. The van der Waals surface area contributed by atoms with Crippen LogP contribution in [0.25, 0.3) is 0 Å². The lowest BCUT2D eigenvalue weighted by Crippen LogP contribution is -2.71. The summed E-state index contributed by atoms with van der Waals surface area (Å²) in [7, 11) is 1.96. The van der Waals surface area contributed by atoms with E-state index in [4.69, 9.17) is 4.74 Å². The average molecular weight is 228 g/mol. The van der Waals surface area contributed by atoms with Crippen LogP contribution in [0.15, 0.2) is 0 Å². The van der Waals surface area contributed by atoms with Crippen molar-refractivity contribution in [3.8, 4) is 0 Å². The van der Waals surface area contributed by atoms with Crippen molar-refractivity contribution < 1.29 is 14.6 Å². The van der Waals surface area contributed by atoms with Crippen molar-refractivity contribution in [2.75, 3.05) is 39.8 Å². The number of aliphatic hydroxyl groups is 1. The average Bonchev–Trinajstić information content (AvgIpc) is 2.45. The summed E-state index contributed by atoms with van der Waals surface area (Å²) in [5, 5.41) is 13.7. The van der Waals surface area contributed by atoms with Gasteiger partial charge in [0.25, 0.3) is 0 Å². The van der Waals surface area contributed by atoms with Crippen molar-refractivity contribution >= 4 is 5.97 Å². The minimum Gasteiger partial charge on any atom is -0.465 e. The summed E-state index contributed by atoms with van der Waals surface area (Å²) in [5.41, 5.74) is -1.66. The molecule has 2 rings (SSSR count). The van der Waals surface area contributed by atoms with E-state index >= 15 is 0 Å². The molecule has 92 valence electrons. The van der Waals surface area contributed by atoms with Crippen molar-refractivity contribution in [1.29, 1.82) is 0 Å². The predicted molar refractivity (Wildman–Crippen MR) is 59.0 cm³/mol. The molecule has 16 heavy (non-hydrogen) atoms. The molecule has 2 aliphatic rings. The third kappa shape index (κ3) is 1.54. The van der Waals surface area contributed by atoms with Gasteiger partial charge in [-0.15, -0.1) is 0 Å². The van der Waals surface area contributed by atoms with E-state index in [1.54, 1.807) is 6.92 Å². The molecular formula is C11H20N2O3. The molecular weight excluding hydrogens is 208 g/mol. The van der Waals surface area contributed by atoms with Crippen LogP contribution in [0.3, 0.4) is 0 Å². The molecule has 5 heteroatoms. The molecule has 5 nitrogen and oxygen atoms in total. The van der Waals surface area contributed by atoms with Crippen LogP contribution in [0.4, 0.5) is 0 Å². The Bertz CT molecular complexity index is 291. The maximum Gasteiger partial charge on any atom is 0.317 e. The van der Waals surface area contributed by atoms with Gasteiger partial charge in [-0.25, -0.2) is 0 Å². The lowest BCUT2D eigenvalue weighted by atomic mass is 9.66. The summed E-state index contributed by atoms with van der Waals surface area (Å²) >= 11 is 0. The zero-order chi connectivity index (χ0) is 11.8. The summed E-state index contributed by atoms with van der Waals surface area (Å²) < 4.78 is 5.10. The maximum atomic E-state index is 12.0. The standard InChI is InChI=1S/C11H20N2O3/c1-3-16-9(14)10(6-12-7-10)11(15)4-5-13(2)8-11/h12,15H,3-8H2,1-2H3. The molecule has 2 heterocycles. The monoisotopic (exact) mass is 228 g/mol. The Morgan fingerprint density at radius 1 is 1.56 bits per heavy atom. The zero-order valence-corrected chi connectivity index (χ0v) is 9.95. The van der Waals surface area contributed by atoms with Crippen molar-refractivity contribution in [3.05, 3.63) is 0 Å². The first-order valence-electron chi connectivity index (χ1n) is 5.83. The highest BCUT2D eigenvalue weighted by molar-refractivity contribution is 5.80. The topological polar surface area (TPSA) is 61.8 Å². The SMILES string of the molecule is CCOC(=O)C1(C2(O)CCN(C)C2)CNC1. The highest BCUT2D eigenvalue weighted by atomic mass is 16.5. The molecule has 1 atom stereocenters. The molecule has 0 spiro atoms. The molecule has 0 aromatic carbocycles. The number of likely N-dealkylation sites (tertiary alicyclic amines) is 1. The Balaban J connectivity index is 2.18. The minimum atomic E-state index is -0.931. The van der Waals surface area contributed by atoms with Gasteiger partial charge in [0.1, 0.15) is 5.41 Å². The van der Waals surface area contributed by atoms with Crippen LogP contribution in [0.2, 0.25) is 0 Å². The number of hydrogen-bond donors (Lipinski definition) is 2. The molecule has 2 saturated heterocycles. The van der Waals surface area contributed by atoms with Gasteiger partial charge in [0, 0.05) is 26.2 Å². The van der Waals surface area contributed by atoms with Crippen molar-refractivity contribution in [2.24, 2.45) is 5.41 Å². The van der Waals surface area contributed by atoms with E-state index in [2.05, 4.69) is 10.2 Å². The smallest absolute Gasteiger partial charge is 0.317 e. The van der Waals surface area contributed by atoms with Crippen molar-refractivity contribution in [1.82, 2.24) is 10.2 Å². The van der Waals surface area contributed by atoms with E-state index in [1.807, 2.05) is 7.05 Å². The fraction of sp³-hybridized carbons (Fsp3) is 0.909. The second-order valence-electron chi connectivity index (χ2n) is 4.93. The maximum absolute atomic E-state index is 12.0. The first-order chi connectivity index (χ1) is 7.54. The van der Waals surface area contributed by atoms with Gasteiger partial charge in [-0.05, 0) is 20.4 Å². The van der Waals surface area contributed by atoms with Gasteiger partial charge in [0.2, 0.25) is 0 Å². The van der Waals surface area contributed by atoms with Gasteiger partial charge in [0.15, 0.2) is 0 Å². The Labute approximate surface area is 95.8 Å². The largest absolute Gasteiger partial charge is 0.465 e. The molecule has 0 saturated carbocycles. The second-order valence-corrected chi connectivity index (χ2v) is 4.93. The molecule has 0 bridgehead atoms. The van der Waals surface area contributed by atoms with Gasteiger partial charge in [-0.3, -0.25) is 4.79 Å². The number of hydrogen-bond acceptors (Lipinski definition) is 5. The summed E-state index contributed by atoms with van der Waals surface area (Å²) in [6.07, 6.45) is 0.643. The van der Waals surface area contributed by atoms with Gasteiger partial charge in [-0.1, -0.05) is 0 Å². The summed E-state index contributed by atoms with van der Waals surface area (Å²) in [6, 6.07) is 0. The third-order valence-corrected chi connectivity index (χ3v) is 3.85. The van der Waals surface area contributed by atoms with E-state index in [1.165, 1.54) is 0 Å². The second kappa shape index (κ2) is 3.98. The van der Waals surface area contributed by atoms with Gasteiger partial charge in [-0.2, -0.15) is 0 Å². The number of rotatable bonds is 3. The fourth-order valence-corrected chi connectivity index (χ4v) is 2.68. The lowest BCUT2D eigenvalue weighted by Gasteiger charge is -2.49. The first kappa shape index (κ1) is 11.8. The highest BCUT2D eigenvalue weighted by Gasteiger charge is 2.62. The fourth-order valence-electron chi connectivity index (χ4n) is 2.68. The molecule has 0 aromatic heterocycles. The van der Waals surface area contributed by atoms with E-state index in [0.717, 1.165) is 6.54 Å². The lowest BCUT2D eigenvalue weighted by molar-refractivity contribution is -0.182. The van der Waals surface area contributed by atoms with Crippen LogP contribution in [0.5, 0.6) is 0 Å². The van der Waals surface area contributed by atoms with Crippen LogP contribution in [0.1, 0.15) is 13.3 Å². The zero-order valence-electron chi connectivity index (χ0n) is 9.95. The first-order valence-corrected chi connectivity index (χ1v) is 5.83. The van der Waals surface area contributed by atoms with Crippen LogP contribution in [-0.4, -0.2) is 61.4 Å². The van der Waals surface area contributed by atoms with Crippen LogP contribution >= 0.6 is 0 Å². The Kier molecular flexibility index (Phi) is 2.94. The van der Waals surface area contributed by atoms with E-state index in [0.29, 0.717) is 32.7 Å². The number of β-amino-alcohol motifs (C(OH)–C–C–N with tert-alkyl or cyclic N) is 1. The number of ether oxygens (including phenoxy) is 1. The van der Waals surface area contributed by atoms with Crippen molar-refractivity contribution in [2.45, 2.75) is 18.9 Å². The predicted octanol–water partition coefficient (Wildman–Crippen LogP) is -0.794. The Hall–Kier alpha value is -0.650. The van der Waals surface area contributed by atoms with Gasteiger partial charge < -0.3 is 20.1 Å². The number of esters is 1. The van der Waals surface area contributed by atoms with E-state index in [9.17, 15) is 9.90 Å². The highest BCUT2D eigenvalue weighted by Crippen LogP contribution is 2.42. The summed E-state index contributed by atoms with van der Waals surface area (Å²) in [4.78, 5) is 14.1. The number of carbonyl (C=O) groups excluding carboxylic acids is 1. The molecule has 0 aromatic rings. The normalized spacial score (nSPS) is 33.4. The molecule has 2 fully saturated rings. The number of nitrogens with zero attached hydrogens (tertiary/aromatic N) is 1. The molecule has 1 unspecified atom stereocenters. The molecule has 2 N–H and O–H groups in total. The summed E-state index contributed by atoms with van der Waals surface area (Å²) in [5.74, 6) is -0.258. The van der Waals surface area contributed by atoms with Crippen LogP contribution < -0.4 is 5.32 Å². The molecule has 2 aliphatic heterocycles. The summed E-state index contributed by atoms with van der Waals surface area (Å²) in [6.45, 7) is 4.59. The van der Waals surface area contributed by atoms with Crippen molar-refractivity contribution in [3.63, 3.8) is 0 Å². The Morgan fingerprint density at radius 3 is 2.62 bits per heavy atom. The Morgan fingerprint density at radius 2 is 2.25 bits per heavy atom. The van der Waals surface area contributed by atoms with Crippen LogP contribution in [0, 0.1) is 5.41 Å². The number of carbonyl (C=O) groups is 1. The van der Waals surface area contributed by atoms with E-state index in [-0.39, 0.29) is 5.97 Å². The van der Waals surface area contributed by atoms with Gasteiger partial charge >= 0.3 is 5.97 Å². The molecule has 0 amide bonds.